The number of carbonyl (C=O) groups is 1. The largest absolute Gasteiger partial charge is 0.416 e. The zero-order chi connectivity index (χ0) is 33.7. The van der Waals surface area contributed by atoms with E-state index in [1.165, 1.54) is 10.4 Å². The van der Waals surface area contributed by atoms with Crippen LogP contribution in [0.2, 0.25) is 0 Å². The molecule has 1 aliphatic heterocycles. The number of alkyl halides is 6. The number of aliphatic hydroxyl groups excluding tert-OH is 1. The molecule has 0 saturated carbocycles. The van der Waals surface area contributed by atoms with Crippen molar-refractivity contribution in [1.29, 1.82) is 0 Å². The Labute approximate surface area is 264 Å². The molecule has 1 fully saturated rings. The maximum atomic E-state index is 13.6. The molecule has 0 aliphatic carbocycles. The van der Waals surface area contributed by atoms with Gasteiger partial charge in [-0.1, -0.05) is 30.3 Å². The van der Waals surface area contributed by atoms with Crippen LogP contribution in [0.15, 0.2) is 66.7 Å². The number of nitrogens with one attached hydrogen (secondary N) is 3. The van der Waals surface area contributed by atoms with Gasteiger partial charge in [-0.2, -0.15) is 26.3 Å². The summed E-state index contributed by atoms with van der Waals surface area (Å²) in [5, 5.41) is 19.8. The Morgan fingerprint density at radius 3 is 2.15 bits per heavy atom. The molecular weight excluding hydrogens is 638 g/mol. The zero-order valence-electron chi connectivity index (χ0n) is 24.8. The molecule has 4 rings (SSSR count). The molecule has 8 nitrogen and oxygen atoms in total. The standard InChI is InChI=1S/C31H36F6N4O4S/c1-2-39-25-14-22(15-26(17-25)41-9-6-10-46(41,44)45)29(43)40-27(13-20-7-4-3-5-8-20)28(42)19-38-18-21-11-23(30(32,33)34)16-24(12-21)31(35,36)37/h3-5,7-8,11-12,14-17,27-28,38-39,42,44-45H,2,6,9-10,13,18-19H2,1H3,(H,40,43)/t27-,28-/m0/s1. The lowest BCUT2D eigenvalue weighted by Gasteiger charge is -2.38. The molecule has 1 saturated heterocycles. The summed E-state index contributed by atoms with van der Waals surface area (Å²) < 4.78 is 102. The van der Waals surface area contributed by atoms with Gasteiger partial charge in [0.1, 0.15) is 0 Å². The Morgan fingerprint density at radius 2 is 1.59 bits per heavy atom. The fraction of sp³-hybridized carbons (Fsp3) is 0.387. The molecule has 15 heteroatoms. The van der Waals surface area contributed by atoms with Gasteiger partial charge >= 0.3 is 12.4 Å². The highest BCUT2D eigenvalue weighted by Gasteiger charge is 2.37. The first-order chi connectivity index (χ1) is 21.6. The van der Waals surface area contributed by atoms with Crippen LogP contribution in [0.5, 0.6) is 0 Å². The summed E-state index contributed by atoms with van der Waals surface area (Å²) in [6.07, 6.45) is -10.6. The van der Waals surface area contributed by atoms with E-state index < -0.39 is 58.9 Å². The van der Waals surface area contributed by atoms with Gasteiger partial charge in [0.2, 0.25) is 0 Å². The van der Waals surface area contributed by atoms with Gasteiger partial charge in [-0.05, 0) is 67.3 Å². The molecule has 1 aliphatic rings. The lowest BCUT2D eigenvalue weighted by atomic mass is 10.00. The number of amides is 1. The van der Waals surface area contributed by atoms with Gasteiger partial charge in [-0.3, -0.25) is 18.2 Å². The van der Waals surface area contributed by atoms with Crippen LogP contribution in [-0.2, 0) is 25.3 Å². The normalized spacial score (nSPS) is 17.0. The van der Waals surface area contributed by atoms with E-state index in [2.05, 4.69) is 16.0 Å². The highest BCUT2D eigenvalue weighted by molar-refractivity contribution is 8.25. The average molecular weight is 675 g/mol. The fourth-order valence-corrected chi connectivity index (χ4v) is 6.78. The first kappa shape index (κ1) is 35.4. The Bertz CT molecular complexity index is 1460. The maximum absolute atomic E-state index is 13.6. The Balaban J connectivity index is 1.54. The van der Waals surface area contributed by atoms with Gasteiger partial charge < -0.3 is 21.1 Å². The third-order valence-corrected chi connectivity index (χ3v) is 9.33. The van der Waals surface area contributed by atoms with Crippen molar-refractivity contribution in [3.05, 3.63) is 94.5 Å². The number of hydrogen-bond donors (Lipinski definition) is 6. The second-order valence-electron chi connectivity index (χ2n) is 11.0. The number of hydrogen-bond acceptors (Lipinski definition) is 7. The van der Waals surface area contributed by atoms with Crippen molar-refractivity contribution in [3.63, 3.8) is 0 Å². The summed E-state index contributed by atoms with van der Waals surface area (Å²) in [4.78, 5) is 13.6. The molecule has 252 valence electrons. The molecule has 1 amide bonds. The minimum atomic E-state index is -4.99. The summed E-state index contributed by atoms with van der Waals surface area (Å²) in [6, 6.07) is 14.0. The minimum Gasteiger partial charge on any atom is -0.390 e. The van der Waals surface area contributed by atoms with Crippen molar-refractivity contribution >= 4 is 28.1 Å². The van der Waals surface area contributed by atoms with Crippen molar-refractivity contribution in [2.75, 3.05) is 35.0 Å². The molecule has 46 heavy (non-hydrogen) atoms. The lowest BCUT2D eigenvalue weighted by molar-refractivity contribution is -0.143. The lowest BCUT2D eigenvalue weighted by Crippen LogP contribution is -2.48. The second-order valence-corrected chi connectivity index (χ2v) is 13.1. The molecule has 1 heterocycles. The number of carbonyl (C=O) groups excluding carboxylic acids is 1. The van der Waals surface area contributed by atoms with Crippen LogP contribution < -0.4 is 20.3 Å². The van der Waals surface area contributed by atoms with Crippen molar-refractivity contribution < 1.29 is 45.3 Å². The van der Waals surface area contributed by atoms with Crippen LogP contribution in [-0.4, -0.2) is 57.7 Å². The van der Waals surface area contributed by atoms with Gasteiger partial charge in [-0.25, -0.2) is 0 Å². The number of halogens is 6. The predicted molar refractivity (Wildman–Crippen MR) is 166 cm³/mol. The van der Waals surface area contributed by atoms with E-state index in [0.717, 1.165) is 5.56 Å². The monoisotopic (exact) mass is 674 g/mol. The highest BCUT2D eigenvalue weighted by Crippen LogP contribution is 2.51. The third kappa shape index (κ3) is 9.28. The fourth-order valence-electron chi connectivity index (χ4n) is 5.18. The molecular formula is C31H36F6N4O4S. The van der Waals surface area contributed by atoms with Crippen molar-refractivity contribution in [2.45, 2.75) is 50.8 Å². The SMILES string of the molecule is CCNc1cc(C(=O)N[C@@H](Cc2ccccc2)[C@@H](O)CNCc2cc(C(F)(F)F)cc(C(F)(F)F)c2)cc(N2CCCS2(O)O)c1. The molecule has 0 spiro atoms. The molecule has 0 aromatic heterocycles. The Hall–Kier alpha value is -3.50. The first-order valence-corrected chi connectivity index (χ1v) is 16.2. The predicted octanol–water partition coefficient (Wildman–Crippen LogP) is 6.52. The summed E-state index contributed by atoms with van der Waals surface area (Å²) in [7, 11) is -3.05. The highest BCUT2D eigenvalue weighted by atomic mass is 32.3. The average Bonchev–Trinajstić information content (AvgIpc) is 3.35. The summed E-state index contributed by atoms with van der Waals surface area (Å²) in [6.45, 7) is 2.09. The van der Waals surface area contributed by atoms with Crippen LogP contribution in [0.4, 0.5) is 37.7 Å². The number of aliphatic hydroxyl groups is 1. The molecule has 2 atom stereocenters. The van der Waals surface area contributed by atoms with Crippen LogP contribution in [0.3, 0.4) is 0 Å². The molecule has 0 unspecified atom stereocenters. The van der Waals surface area contributed by atoms with E-state index in [9.17, 15) is 45.3 Å². The van der Waals surface area contributed by atoms with E-state index in [-0.39, 0.29) is 35.9 Å². The first-order valence-electron chi connectivity index (χ1n) is 14.5. The minimum absolute atomic E-state index is 0.0479. The third-order valence-electron chi connectivity index (χ3n) is 7.39. The topological polar surface area (TPSA) is 117 Å². The van der Waals surface area contributed by atoms with Gasteiger partial charge in [0.05, 0.1) is 34.7 Å². The van der Waals surface area contributed by atoms with E-state index in [1.807, 2.05) is 6.92 Å². The molecule has 0 bridgehead atoms. The van der Waals surface area contributed by atoms with Crippen LogP contribution >= 0.6 is 10.8 Å². The number of benzene rings is 3. The molecule has 6 N–H and O–H groups in total. The van der Waals surface area contributed by atoms with E-state index in [0.29, 0.717) is 43.0 Å². The zero-order valence-corrected chi connectivity index (χ0v) is 25.6. The smallest absolute Gasteiger partial charge is 0.390 e. The molecule has 3 aromatic rings. The number of anilines is 2. The van der Waals surface area contributed by atoms with Crippen molar-refractivity contribution in [3.8, 4) is 0 Å². The number of nitrogens with zero attached hydrogens (tertiary/aromatic N) is 1. The molecule has 0 radical (unpaired) electrons. The van der Waals surface area contributed by atoms with Gasteiger partial charge in [0, 0.05) is 37.4 Å². The summed E-state index contributed by atoms with van der Waals surface area (Å²) >= 11 is 0. The van der Waals surface area contributed by atoms with Crippen LogP contribution in [0.25, 0.3) is 0 Å². The van der Waals surface area contributed by atoms with Crippen LogP contribution in [0.1, 0.15) is 46.0 Å². The van der Waals surface area contributed by atoms with Crippen LogP contribution in [0, 0.1) is 0 Å². The molecule has 3 aromatic carbocycles. The van der Waals surface area contributed by atoms with Gasteiger partial charge in [-0.15, -0.1) is 10.8 Å². The Kier molecular flexibility index (Phi) is 11.2. The Morgan fingerprint density at radius 1 is 0.935 bits per heavy atom. The maximum Gasteiger partial charge on any atom is 0.416 e. The van der Waals surface area contributed by atoms with Gasteiger partial charge in [0.25, 0.3) is 5.91 Å². The quantitative estimate of drug-likeness (QED) is 0.121. The van der Waals surface area contributed by atoms with Gasteiger partial charge in [0.15, 0.2) is 0 Å². The summed E-state index contributed by atoms with van der Waals surface area (Å²) in [5.74, 6) is -0.375. The second kappa shape index (κ2) is 14.5. The van der Waals surface area contributed by atoms with Crippen molar-refractivity contribution in [1.82, 2.24) is 10.6 Å². The van der Waals surface area contributed by atoms with E-state index >= 15 is 0 Å². The summed E-state index contributed by atoms with van der Waals surface area (Å²) in [5.41, 5.74) is -1.23. The van der Waals surface area contributed by atoms with Crippen molar-refractivity contribution in [2.24, 2.45) is 0 Å². The van der Waals surface area contributed by atoms with E-state index in [4.69, 9.17) is 0 Å². The van der Waals surface area contributed by atoms with E-state index in [1.54, 1.807) is 42.5 Å². The number of rotatable bonds is 12.